The van der Waals surface area contributed by atoms with E-state index in [0.29, 0.717) is 11.3 Å². The maximum absolute atomic E-state index is 12.4. The number of aliphatic carboxylic acids is 1. The number of methoxy groups -OCH3 is 1. The average molecular weight is 350 g/mol. The minimum Gasteiger partial charge on any atom is -0.496 e. The molecular weight excluding hydrogens is 332 g/mol. The topological polar surface area (TPSA) is 106 Å². The van der Waals surface area contributed by atoms with E-state index in [-0.39, 0.29) is 17.9 Å². The van der Waals surface area contributed by atoms with Crippen molar-refractivity contribution in [3.05, 3.63) is 53.3 Å². The number of carboxylic acid groups (broad SMARTS) is 1. The summed E-state index contributed by atoms with van der Waals surface area (Å²) in [6.45, 7) is 1.94. The zero-order valence-electron chi connectivity index (χ0n) is 13.3. The average Bonchev–Trinajstić information content (AvgIpc) is 2.52. The summed E-state index contributed by atoms with van der Waals surface area (Å²) in [5, 5.41) is 8.93. The summed E-state index contributed by atoms with van der Waals surface area (Å²) >= 11 is 0. The molecule has 1 aromatic carbocycles. The van der Waals surface area contributed by atoms with Gasteiger partial charge in [-0.1, -0.05) is 0 Å². The third-order valence-corrected chi connectivity index (χ3v) is 4.73. The first-order valence-corrected chi connectivity index (χ1v) is 8.60. The largest absolute Gasteiger partial charge is 0.496 e. The van der Waals surface area contributed by atoms with Gasteiger partial charge >= 0.3 is 5.97 Å². The Labute approximate surface area is 140 Å². The second-order valence-corrected chi connectivity index (χ2v) is 6.94. The minimum absolute atomic E-state index is 0.00896. The van der Waals surface area contributed by atoms with Gasteiger partial charge in [-0.05, 0) is 42.8 Å². The zero-order chi connectivity index (χ0) is 17.7. The third-order valence-electron chi connectivity index (χ3n) is 3.33. The molecule has 0 bridgehead atoms. The Hall–Kier alpha value is -2.45. The van der Waals surface area contributed by atoms with Gasteiger partial charge in [0, 0.05) is 24.0 Å². The maximum Gasteiger partial charge on any atom is 0.307 e. The van der Waals surface area contributed by atoms with E-state index < -0.39 is 16.0 Å². The van der Waals surface area contributed by atoms with Crippen LogP contribution >= 0.6 is 0 Å². The van der Waals surface area contributed by atoms with Crippen LogP contribution in [0.15, 0.2) is 41.4 Å². The monoisotopic (exact) mass is 350 g/mol. The number of aryl methyl sites for hydroxylation is 1. The van der Waals surface area contributed by atoms with Crippen LogP contribution in [0.2, 0.25) is 0 Å². The van der Waals surface area contributed by atoms with Crippen molar-refractivity contribution in [1.82, 2.24) is 9.71 Å². The molecule has 128 valence electrons. The molecule has 0 aliphatic carbocycles. The smallest absolute Gasteiger partial charge is 0.307 e. The lowest BCUT2D eigenvalue weighted by Gasteiger charge is -2.11. The first-order chi connectivity index (χ1) is 11.3. The molecule has 2 rings (SSSR count). The van der Waals surface area contributed by atoms with Gasteiger partial charge in [0.05, 0.1) is 18.4 Å². The molecule has 0 aliphatic heterocycles. The molecule has 7 nitrogen and oxygen atoms in total. The number of hydrogen-bond acceptors (Lipinski definition) is 5. The first-order valence-electron chi connectivity index (χ1n) is 7.12. The number of carboxylic acids is 1. The molecule has 0 spiro atoms. The van der Waals surface area contributed by atoms with Gasteiger partial charge in [0.25, 0.3) is 0 Å². The van der Waals surface area contributed by atoms with Crippen molar-refractivity contribution < 1.29 is 23.1 Å². The molecule has 2 N–H and O–H groups in total. The van der Waals surface area contributed by atoms with Crippen LogP contribution in [0.3, 0.4) is 0 Å². The van der Waals surface area contributed by atoms with Gasteiger partial charge in [0.15, 0.2) is 0 Å². The molecule has 0 unspecified atom stereocenters. The second-order valence-electron chi connectivity index (χ2n) is 5.17. The summed E-state index contributed by atoms with van der Waals surface area (Å²) in [6.07, 6.45) is 1.29. The molecular formula is C16H18N2O5S. The highest BCUT2D eigenvalue weighted by Gasteiger charge is 2.17. The number of sulfonamides is 1. The van der Waals surface area contributed by atoms with Crippen LogP contribution in [-0.4, -0.2) is 31.6 Å². The van der Waals surface area contributed by atoms with Crippen molar-refractivity contribution in [3.63, 3.8) is 0 Å². The summed E-state index contributed by atoms with van der Waals surface area (Å²) < 4.78 is 32.4. The molecule has 1 aromatic heterocycles. The fourth-order valence-electron chi connectivity index (χ4n) is 2.20. The van der Waals surface area contributed by atoms with Gasteiger partial charge in [0.1, 0.15) is 5.75 Å². The molecule has 0 atom stereocenters. The van der Waals surface area contributed by atoms with E-state index in [1.54, 1.807) is 18.3 Å². The van der Waals surface area contributed by atoms with E-state index in [0.717, 1.165) is 11.3 Å². The van der Waals surface area contributed by atoms with Gasteiger partial charge < -0.3 is 9.84 Å². The number of nitrogens with zero attached hydrogens (tertiary/aromatic N) is 1. The molecule has 0 fully saturated rings. The molecule has 24 heavy (non-hydrogen) atoms. The summed E-state index contributed by atoms with van der Waals surface area (Å²) in [5.74, 6) is -0.732. The predicted octanol–water partition coefficient (Wildman–Crippen LogP) is 1.50. The highest BCUT2D eigenvalue weighted by Crippen LogP contribution is 2.23. The number of ether oxygens (including phenoxy) is 1. The van der Waals surface area contributed by atoms with Crippen LogP contribution in [0, 0.1) is 6.92 Å². The van der Waals surface area contributed by atoms with Crippen LogP contribution in [0.25, 0.3) is 0 Å². The van der Waals surface area contributed by atoms with Gasteiger partial charge in [-0.15, -0.1) is 0 Å². The molecule has 1 heterocycles. The fourth-order valence-corrected chi connectivity index (χ4v) is 3.27. The lowest BCUT2D eigenvalue weighted by Crippen LogP contribution is -2.23. The molecule has 0 radical (unpaired) electrons. The zero-order valence-corrected chi connectivity index (χ0v) is 14.1. The fraction of sp³-hybridized carbons (Fsp3) is 0.250. The van der Waals surface area contributed by atoms with E-state index in [9.17, 15) is 13.2 Å². The number of carbonyl (C=O) groups is 1. The third kappa shape index (κ3) is 4.53. The number of nitrogens with one attached hydrogen (secondary N) is 1. The lowest BCUT2D eigenvalue weighted by atomic mass is 10.1. The van der Waals surface area contributed by atoms with E-state index >= 15 is 0 Å². The predicted molar refractivity (Wildman–Crippen MR) is 87.3 cm³/mol. The van der Waals surface area contributed by atoms with Gasteiger partial charge in [-0.3, -0.25) is 9.78 Å². The summed E-state index contributed by atoms with van der Waals surface area (Å²) in [7, 11) is -2.37. The van der Waals surface area contributed by atoms with E-state index in [2.05, 4.69) is 9.71 Å². The van der Waals surface area contributed by atoms with Gasteiger partial charge in [-0.25, -0.2) is 13.1 Å². The van der Waals surface area contributed by atoms with Crippen LogP contribution in [0.1, 0.15) is 16.8 Å². The second kappa shape index (κ2) is 7.41. The van der Waals surface area contributed by atoms with Crippen molar-refractivity contribution in [2.75, 3.05) is 7.11 Å². The Kier molecular flexibility index (Phi) is 5.53. The lowest BCUT2D eigenvalue weighted by molar-refractivity contribution is -0.136. The summed E-state index contributed by atoms with van der Waals surface area (Å²) in [4.78, 5) is 15.0. The molecule has 8 heteroatoms. The molecule has 0 saturated heterocycles. The van der Waals surface area contributed by atoms with E-state index in [1.807, 2.05) is 6.92 Å². The Morgan fingerprint density at radius 3 is 2.67 bits per heavy atom. The van der Waals surface area contributed by atoms with E-state index in [1.165, 1.54) is 25.3 Å². The highest BCUT2D eigenvalue weighted by atomic mass is 32.2. The van der Waals surface area contributed by atoms with Crippen LogP contribution in [0.4, 0.5) is 0 Å². The number of aromatic nitrogens is 1. The number of pyridine rings is 1. The van der Waals surface area contributed by atoms with Crippen molar-refractivity contribution in [1.29, 1.82) is 0 Å². The molecule has 0 saturated carbocycles. The minimum atomic E-state index is -3.77. The van der Waals surface area contributed by atoms with E-state index in [4.69, 9.17) is 9.84 Å². The number of benzene rings is 1. The number of rotatable bonds is 7. The van der Waals surface area contributed by atoms with Crippen LogP contribution < -0.4 is 9.46 Å². The summed E-state index contributed by atoms with van der Waals surface area (Å²) in [6, 6.07) is 7.65. The van der Waals surface area contributed by atoms with Crippen molar-refractivity contribution in [3.8, 4) is 5.75 Å². The highest BCUT2D eigenvalue weighted by molar-refractivity contribution is 7.89. The van der Waals surface area contributed by atoms with Crippen LogP contribution in [0.5, 0.6) is 5.75 Å². The van der Waals surface area contributed by atoms with Gasteiger partial charge in [0.2, 0.25) is 10.0 Å². The Morgan fingerprint density at radius 2 is 2.04 bits per heavy atom. The Bertz CT molecular complexity index is 849. The van der Waals surface area contributed by atoms with Crippen LogP contribution in [-0.2, 0) is 27.8 Å². The number of hydrogen-bond donors (Lipinski definition) is 2. The maximum atomic E-state index is 12.4. The normalized spacial score (nSPS) is 11.2. The molecule has 2 aromatic rings. The summed E-state index contributed by atoms with van der Waals surface area (Å²) in [5.41, 5.74) is 1.87. The quantitative estimate of drug-likeness (QED) is 0.784. The first kappa shape index (κ1) is 17.9. The standard InChI is InChI=1S/C16H18N2O5S/c1-11-7-12(5-6-17-11)10-18-24(21,22)14-3-4-15(23-2)13(8-14)9-16(19)20/h3-8,18H,9-10H2,1-2H3,(H,19,20). The Balaban J connectivity index is 2.23. The molecule has 0 amide bonds. The van der Waals surface area contributed by atoms with Crippen molar-refractivity contribution in [2.24, 2.45) is 0 Å². The van der Waals surface area contributed by atoms with Crippen molar-refractivity contribution >= 4 is 16.0 Å². The Morgan fingerprint density at radius 1 is 1.29 bits per heavy atom. The molecule has 0 aliphatic rings. The van der Waals surface area contributed by atoms with Crippen molar-refractivity contribution in [2.45, 2.75) is 24.8 Å². The van der Waals surface area contributed by atoms with Gasteiger partial charge in [-0.2, -0.15) is 0 Å². The SMILES string of the molecule is COc1ccc(S(=O)(=O)NCc2ccnc(C)c2)cc1CC(=O)O.